The predicted octanol–water partition coefficient (Wildman–Crippen LogP) is -5.65. The normalized spacial score (nSPS) is 9.83. The van der Waals surface area contributed by atoms with Crippen molar-refractivity contribution in [1.29, 1.82) is 0 Å². The molecule has 0 bridgehead atoms. The van der Waals surface area contributed by atoms with Gasteiger partial charge in [0.2, 0.25) is 0 Å². The van der Waals surface area contributed by atoms with E-state index in [0.29, 0.717) is 0 Å². The Morgan fingerprint density at radius 3 is 0.667 bits per heavy atom. The van der Waals surface area contributed by atoms with Gasteiger partial charge in [-0.15, -0.1) is 0 Å². The zero-order valence-corrected chi connectivity index (χ0v) is 13.0. The summed E-state index contributed by atoms with van der Waals surface area (Å²) in [5, 5.41) is 0. The largest absolute Gasteiger partial charge is 3.00 e. The first-order valence-electron chi connectivity index (χ1n) is 1.46. The molecule has 0 aromatic carbocycles. The zero-order valence-electron chi connectivity index (χ0n) is 5.24. The summed E-state index contributed by atoms with van der Waals surface area (Å²) in [6, 6.07) is 0. The van der Waals surface area contributed by atoms with E-state index in [1.54, 1.807) is 0 Å². The Balaban J connectivity index is -0.0000000457. The minimum Gasteiger partial charge on any atom is -0.822 e. The molecule has 0 heterocycles. The Morgan fingerprint density at radius 2 is 0.667 bits per heavy atom. The number of rotatable bonds is 0. The molecule has 0 aliphatic carbocycles. The van der Waals surface area contributed by atoms with E-state index in [1.807, 2.05) is 0 Å². The molecule has 12 heteroatoms. The molecule has 0 N–H and O–H groups in total. The van der Waals surface area contributed by atoms with Crippen molar-refractivity contribution in [2.24, 2.45) is 0 Å². The van der Waals surface area contributed by atoms with Crippen LogP contribution in [-0.2, 0) is 41.8 Å². The maximum Gasteiger partial charge on any atom is 3.00 e. The fourth-order valence-electron chi connectivity index (χ4n) is 0. The van der Waals surface area contributed by atoms with Gasteiger partial charge >= 0.3 is 74.5 Å². The number of hydrogen-bond donors (Lipinski definition) is 0. The Labute approximate surface area is 127 Å². The standard InChI is InChI=1S/Ce.2H3O4P.Y/c;2*1-5(2,3)4;/h;2*(H3,1,2,3,4);/q+3;;;+3/p-6. The number of hydrogen-bond acceptors (Lipinski definition) is 8. The average Bonchev–Trinajstić information content (AvgIpc) is 1.12. The summed E-state index contributed by atoms with van der Waals surface area (Å²) in [6.45, 7) is 0. The molecule has 0 unspecified atom stereocenters. The molecule has 0 aromatic heterocycles. The average molecular weight is 419 g/mol. The monoisotopic (exact) mass is 419 g/mol. The third-order valence-electron chi connectivity index (χ3n) is 0. The molecule has 0 aromatic rings. The van der Waals surface area contributed by atoms with Gasteiger partial charge in [0.1, 0.15) is 0 Å². The molecule has 0 spiro atoms. The third kappa shape index (κ3) is 238. The quantitative estimate of drug-likeness (QED) is 0.350. The van der Waals surface area contributed by atoms with Crippen LogP contribution in [0.5, 0.6) is 0 Å². The Hall–Kier alpha value is 2.70. The molecule has 0 amide bonds. The summed E-state index contributed by atoms with van der Waals surface area (Å²) in [7, 11) is -10.8. The second kappa shape index (κ2) is 10.2. The van der Waals surface area contributed by atoms with Crippen LogP contribution in [-0.4, -0.2) is 0 Å². The van der Waals surface area contributed by atoms with Gasteiger partial charge in [-0.2, -0.15) is 15.6 Å². The summed E-state index contributed by atoms with van der Waals surface area (Å²) in [5.41, 5.74) is 0. The van der Waals surface area contributed by atoms with E-state index in [-0.39, 0.29) is 74.5 Å². The van der Waals surface area contributed by atoms with E-state index < -0.39 is 15.6 Å². The maximum absolute atomic E-state index is 8.55. The molecule has 1 radical (unpaired) electrons. The maximum atomic E-state index is 8.55. The van der Waals surface area contributed by atoms with Crippen LogP contribution in [0.2, 0.25) is 0 Å². The van der Waals surface area contributed by atoms with Crippen LogP contribution in [0, 0.1) is 41.7 Å². The van der Waals surface area contributed by atoms with Crippen LogP contribution in [0.3, 0.4) is 0 Å². The van der Waals surface area contributed by atoms with Crippen molar-refractivity contribution in [2.45, 2.75) is 0 Å². The van der Waals surface area contributed by atoms with E-state index in [2.05, 4.69) is 0 Å². The van der Waals surface area contributed by atoms with E-state index in [1.165, 1.54) is 0 Å². The fourth-order valence-corrected chi connectivity index (χ4v) is 0. The molecule has 0 aliphatic heterocycles. The van der Waals surface area contributed by atoms with Crippen molar-refractivity contribution < 1.29 is 113 Å². The molecule has 0 aliphatic rings. The first kappa shape index (κ1) is 24.1. The fraction of sp³-hybridized carbons (Fsp3) is 0. The summed E-state index contributed by atoms with van der Waals surface area (Å²) in [6.07, 6.45) is 0. The van der Waals surface area contributed by atoms with Gasteiger partial charge in [-0.3, -0.25) is 0 Å². The van der Waals surface area contributed by atoms with Crippen LogP contribution >= 0.6 is 15.6 Å². The Bertz CT molecular complexity index is 129. The SMILES string of the molecule is O=P([O-])([O-])[O-].O=P([O-])([O-])[O-].[Ce+3].[Y+3]. The Morgan fingerprint density at radius 1 is 0.667 bits per heavy atom. The van der Waals surface area contributed by atoms with Gasteiger partial charge < -0.3 is 38.5 Å². The summed E-state index contributed by atoms with van der Waals surface area (Å²) in [4.78, 5) is 51.3. The van der Waals surface area contributed by atoms with Gasteiger partial charge in [-0.25, -0.2) is 0 Å². The second-order valence-electron chi connectivity index (χ2n) is 0.894. The van der Waals surface area contributed by atoms with Gasteiger partial charge in [0, 0.05) is 0 Å². The zero-order chi connectivity index (χ0) is 9.00. The van der Waals surface area contributed by atoms with Crippen LogP contribution in [0.25, 0.3) is 0 Å². The van der Waals surface area contributed by atoms with E-state index >= 15 is 0 Å². The predicted molar refractivity (Wildman–Crippen MR) is 15.2 cm³/mol. The minimum atomic E-state index is -5.39. The second-order valence-corrected chi connectivity index (χ2v) is 2.68. The summed E-state index contributed by atoms with van der Waals surface area (Å²) in [5.74, 6) is 0. The van der Waals surface area contributed by atoms with Crippen LogP contribution < -0.4 is 29.4 Å². The summed E-state index contributed by atoms with van der Waals surface area (Å²) < 4.78 is 17.1. The van der Waals surface area contributed by atoms with Crippen molar-refractivity contribution in [2.75, 3.05) is 0 Å². The molecular formula is CeO8P2Y. The third-order valence-corrected chi connectivity index (χ3v) is 0. The van der Waals surface area contributed by atoms with Crippen molar-refractivity contribution in [3.05, 3.63) is 0 Å². The first-order chi connectivity index (χ1) is 4.00. The van der Waals surface area contributed by atoms with Crippen LogP contribution in [0.4, 0.5) is 0 Å². The minimum absolute atomic E-state index is 0. The van der Waals surface area contributed by atoms with Crippen molar-refractivity contribution in [1.82, 2.24) is 0 Å². The molecule has 0 rings (SSSR count). The van der Waals surface area contributed by atoms with Crippen LogP contribution in [0.1, 0.15) is 0 Å². The smallest absolute Gasteiger partial charge is 0.822 e. The van der Waals surface area contributed by atoms with Gasteiger partial charge in [0.25, 0.3) is 0 Å². The van der Waals surface area contributed by atoms with Gasteiger partial charge in [-0.1, -0.05) is 0 Å². The molecule has 65 valence electrons. The van der Waals surface area contributed by atoms with Crippen molar-refractivity contribution >= 4 is 15.6 Å². The van der Waals surface area contributed by atoms with E-state index in [4.69, 9.17) is 38.5 Å². The van der Waals surface area contributed by atoms with Gasteiger partial charge in [0.15, 0.2) is 0 Å². The molecule has 8 nitrogen and oxygen atoms in total. The molecule has 12 heavy (non-hydrogen) atoms. The topological polar surface area (TPSA) is 172 Å². The van der Waals surface area contributed by atoms with Gasteiger partial charge in [0.05, 0.1) is 0 Å². The number of phosphoric acid groups is 2. The van der Waals surface area contributed by atoms with E-state index in [9.17, 15) is 0 Å². The Kier molecular flexibility index (Phi) is 20.5. The molecule has 0 atom stereocenters. The van der Waals surface area contributed by atoms with Crippen LogP contribution in [0.15, 0.2) is 0 Å². The van der Waals surface area contributed by atoms with Gasteiger partial charge in [-0.05, 0) is 0 Å². The molecule has 0 saturated carbocycles. The van der Waals surface area contributed by atoms with Crippen molar-refractivity contribution in [3.8, 4) is 0 Å². The summed E-state index contributed by atoms with van der Waals surface area (Å²) >= 11 is 0. The van der Waals surface area contributed by atoms with Crippen molar-refractivity contribution in [3.63, 3.8) is 0 Å². The molecular weight excluding hydrogens is 419 g/mol. The first-order valence-corrected chi connectivity index (χ1v) is 4.38. The molecule has 0 saturated heterocycles. The van der Waals surface area contributed by atoms with E-state index in [0.717, 1.165) is 0 Å². The molecule has 0 fully saturated rings.